The fourth-order valence-electron chi connectivity index (χ4n) is 8.98. The van der Waals surface area contributed by atoms with Crippen LogP contribution in [0.1, 0.15) is 316 Å². The summed E-state index contributed by atoms with van der Waals surface area (Å²) in [5.74, 6) is -0.108. The van der Waals surface area contributed by atoms with Crippen molar-refractivity contribution < 1.29 is 24.5 Å². The number of unbranched alkanes of at least 4 members (excludes halogenated alkanes) is 41. The minimum atomic E-state index is -0.858. The summed E-state index contributed by atoms with van der Waals surface area (Å²) in [6.45, 7) is 4.86. The lowest BCUT2D eigenvalue weighted by molar-refractivity contribution is -0.143. The number of carbonyl (C=O) groups excluding carboxylic acids is 2. The van der Waals surface area contributed by atoms with Crippen molar-refractivity contribution in [3.63, 3.8) is 0 Å². The van der Waals surface area contributed by atoms with Gasteiger partial charge in [-0.2, -0.15) is 0 Å². The zero-order valence-electron chi connectivity index (χ0n) is 43.7. The quantitative estimate of drug-likeness (QED) is 0.0321. The van der Waals surface area contributed by atoms with E-state index in [2.05, 4.69) is 31.3 Å². The van der Waals surface area contributed by atoms with Gasteiger partial charge in [-0.3, -0.25) is 9.59 Å². The lowest BCUT2D eigenvalue weighted by atomic mass is 10.0. The van der Waals surface area contributed by atoms with Gasteiger partial charge in [0.05, 0.1) is 25.4 Å². The van der Waals surface area contributed by atoms with E-state index in [0.717, 1.165) is 57.8 Å². The molecule has 1 amide bonds. The van der Waals surface area contributed by atoms with Crippen LogP contribution in [0.2, 0.25) is 0 Å². The minimum absolute atomic E-state index is 0.0240. The molecule has 0 saturated carbocycles. The van der Waals surface area contributed by atoms with E-state index < -0.39 is 12.1 Å². The highest BCUT2D eigenvalue weighted by Gasteiger charge is 2.18. The first-order valence-electron chi connectivity index (χ1n) is 29.1. The lowest BCUT2D eigenvalue weighted by Gasteiger charge is -2.20. The summed E-state index contributed by atoms with van der Waals surface area (Å²) in [6.07, 6.45) is 66.3. The average molecular weight is 917 g/mol. The summed E-state index contributed by atoms with van der Waals surface area (Å²) in [4.78, 5) is 24.5. The number of amides is 1. The molecular weight excluding hydrogens is 803 g/mol. The Hall–Kier alpha value is -1.66. The molecule has 0 heterocycles. The summed E-state index contributed by atoms with van der Waals surface area (Å²) >= 11 is 0. The first-order chi connectivity index (χ1) is 32.0. The van der Waals surface area contributed by atoms with Gasteiger partial charge in [0.25, 0.3) is 0 Å². The van der Waals surface area contributed by atoms with Crippen molar-refractivity contribution in [3.8, 4) is 0 Å². The Kier molecular flexibility index (Phi) is 53.5. The van der Waals surface area contributed by atoms with E-state index in [9.17, 15) is 19.8 Å². The number of hydrogen-bond acceptors (Lipinski definition) is 5. The van der Waals surface area contributed by atoms with E-state index >= 15 is 0 Å². The molecular formula is C59H113NO5. The number of esters is 1. The van der Waals surface area contributed by atoms with Crippen LogP contribution in [0.3, 0.4) is 0 Å². The van der Waals surface area contributed by atoms with E-state index in [1.54, 1.807) is 6.08 Å². The molecule has 3 N–H and O–H groups in total. The molecule has 0 aromatic heterocycles. The van der Waals surface area contributed by atoms with Crippen molar-refractivity contribution in [2.75, 3.05) is 13.2 Å². The topological polar surface area (TPSA) is 95.9 Å². The van der Waals surface area contributed by atoms with Crippen LogP contribution in [0.4, 0.5) is 0 Å². The molecule has 65 heavy (non-hydrogen) atoms. The maximum atomic E-state index is 12.5. The van der Waals surface area contributed by atoms with Crippen molar-refractivity contribution in [2.45, 2.75) is 328 Å². The first-order valence-corrected chi connectivity index (χ1v) is 29.1. The Morgan fingerprint density at radius 1 is 0.415 bits per heavy atom. The molecule has 0 aromatic carbocycles. The molecule has 0 fully saturated rings. The minimum Gasteiger partial charge on any atom is -0.466 e. The molecule has 0 aliphatic heterocycles. The van der Waals surface area contributed by atoms with Crippen molar-refractivity contribution in [1.82, 2.24) is 5.32 Å². The Labute approximate surface area is 405 Å². The normalized spacial score (nSPS) is 12.7. The Bertz CT molecular complexity index is 1010. The SMILES string of the molecule is CCCCCC/C=C\CCCCCCCC(=O)OCCCCCCCCCCCCCC(=O)NC(CO)C(O)/C=C/CCCCCCCCCCCCCCCCCCCCCCCC. The fraction of sp³-hybridized carbons (Fsp3) is 0.898. The lowest BCUT2D eigenvalue weighted by Crippen LogP contribution is -2.45. The van der Waals surface area contributed by atoms with Gasteiger partial charge in [0.15, 0.2) is 0 Å². The Balaban J connectivity index is 3.50. The highest BCUT2D eigenvalue weighted by molar-refractivity contribution is 5.76. The standard InChI is InChI=1S/C59H113NO5/c1-3-5-7-9-11-13-15-17-18-19-20-21-22-23-24-25-26-27-29-31-35-39-43-47-51-57(62)56(55-61)60-58(63)52-48-44-40-36-32-30-34-38-42-46-50-54-65-59(64)53-49-45-41-37-33-28-16-14-12-10-8-6-4-2/h14,16,47,51,56-57,61-62H,3-13,15,17-46,48-50,52-55H2,1-2H3,(H,60,63)/b16-14-,51-47+. The van der Waals surface area contributed by atoms with Crippen molar-refractivity contribution in [2.24, 2.45) is 0 Å². The van der Waals surface area contributed by atoms with Gasteiger partial charge in [0.2, 0.25) is 5.91 Å². The smallest absolute Gasteiger partial charge is 0.305 e. The van der Waals surface area contributed by atoms with Gasteiger partial charge >= 0.3 is 5.97 Å². The van der Waals surface area contributed by atoms with Gasteiger partial charge in [0.1, 0.15) is 0 Å². The van der Waals surface area contributed by atoms with Gasteiger partial charge < -0.3 is 20.3 Å². The van der Waals surface area contributed by atoms with E-state index in [1.165, 1.54) is 231 Å². The van der Waals surface area contributed by atoms with Crippen LogP contribution < -0.4 is 5.32 Å². The third-order valence-electron chi connectivity index (χ3n) is 13.5. The van der Waals surface area contributed by atoms with Crippen molar-refractivity contribution >= 4 is 11.9 Å². The molecule has 0 aliphatic rings. The summed E-state index contributed by atoms with van der Waals surface area (Å²) < 4.78 is 5.45. The van der Waals surface area contributed by atoms with Gasteiger partial charge in [-0.1, -0.05) is 269 Å². The van der Waals surface area contributed by atoms with E-state index in [-0.39, 0.29) is 18.5 Å². The summed E-state index contributed by atoms with van der Waals surface area (Å²) in [5, 5.41) is 23.2. The predicted molar refractivity (Wildman–Crippen MR) is 283 cm³/mol. The number of ether oxygens (including phenoxy) is 1. The predicted octanol–water partition coefficient (Wildman–Crippen LogP) is 17.9. The highest BCUT2D eigenvalue weighted by Crippen LogP contribution is 2.17. The number of hydrogen-bond donors (Lipinski definition) is 3. The highest BCUT2D eigenvalue weighted by atomic mass is 16.5. The van der Waals surface area contributed by atoms with E-state index in [1.807, 2.05) is 6.08 Å². The second-order valence-electron chi connectivity index (χ2n) is 20.0. The number of carbonyl (C=O) groups is 2. The number of aliphatic hydroxyl groups excluding tert-OH is 2. The van der Waals surface area contributed by atoms with Crippen LogP contribution in [0.25, 0.3) is 0 Å². The number of rotatable bonds is 54. The molecule has 0 rings (SSSR count). The fourth-order valence-corrected chi connectivity index (χ4v) is 8.98. The monoisotopic (exact) mass is 916 g/mol. The molecule has 6 nitrogen and oxygen atoms in total. The van der Waals surface area contributed by atoms with Crippen LogP contribution in [0.15, 0.2) is 24.3 Å². The van der Waals surface area contributed by atoms with Crippen molar-refractivity contribution in [1.29, 1.82) is 0 Å². The zero-order valence-corrected chi connectivity index (χ0v) is 43.7. The third-order valence-corrected chi connectivity index (χ3v) is 13.5. The Morgan fingerprint density at radius 2 is 0.723 bits per heavy atom. The van der Waals surface area contributed by atoms with Crippen LogP contribution in [0.5, 0.6) is 0 Å². The molecule has 2 unspecified atom stereocenters. The second kappa shape index (κ2) is 54.9. The molecule has 384 valence electrons. The van der Waals surface area contributed by atoms with E-state index in [0.29, 0.717) is 19.4 Å². The van der Waals surface area contributed by atoms with Crippen molar-refractivity contribution in [3.05, 3.63) is 24.3 Å². The van der Waals surface area contributed by atoms with Crippen LogP contribution >= 0.6 is 0 Å². The Morgan fingerprint density at radius 3 is 1.11 bits per heavy atom. The summed E-state index contributed by atoms with van der Waals surface area (Å²) in [6, 6.07) is -0.643. The van der Waals surface area contributed by atoms with Gasteiger partial charge in [0, 0.05) is 12.8 Å². The van der Waals surface area contributed by atoms with Gasteiger partial charge in [-0.15, -0.1) is 0 Å². The number of aliphatic hydroxyl groups is 2. The first kappa shape index (κ1) is 63.3. The third kappa shape index (κ3) is 51.6. The number of nitrogens with one attached hydrogen (secondary N) is 1. The molecule has 0 aromatic rings. The van der Waals surface area contributed by atoms with Gasteiger partial charge in [-0.25, -0.2) is 0 Å². The van der Waals surface area contributed by atoms with Crippen LogP contribution in [-0.4, -0.2) is 47.4 Å². The average Bonchev–Trinajstić information content (AvgIpc) is 3.31. The zero-order chi connectivity index (χ0) is 47.2. The molecule has 0 spiro atoms. The molecule has 0 bridgehead atoms. The van der Waals surface area contributed by atoms with E-state index in [4.69, 9.17) is 4.74 Å². The second-order valence-corrected chi connectivity index (χ2v) is 20.0. The maximum absolute atomic E-state index is 12.5. The van der Waals surface area contributed by atoms with Crippen LogP contribution in [-0.2, 0) is 14.3 Å². The molecule has 0 radical (unpaired) electrons. The maximum Gasteiger partial charge on any atom is 0.305 e. The largest absolute Gasteiger partial charge is 0.466 e. The summed E-state index contributed by atoms with van der Waals surface area (Å²) in [7, 11) is 0. The van der Waals surface area contributed by atoms with Crippen LogP contribution in [0, 0.1) is 0 Å². The molecule has 0 aliphatic carbocycles. The molecule has 2 atom stereocenters. The van der Waals surface area contributed by atoms with Gasteiger partial charge in [-0.05, 0) is 57.8 Å². The molecule has 0 saturated heterocycles. The summed E-state index contributed by atoms with van der Waals surface area (Å²) in [5.41, 5.74) is 0. The number of allylic oxidation sites excluding steroid dienone is 3. The molecule has 6 heteroatoms.